The molecule has 270 valence electrons. The third-order valence-corrected chi connectivity index (χ3v) is 11.9. The first-order valence-corrected chi connectivity index (χ1v) is 18.8. The number of amides is 2. The van der Waals surface area contributed by atoms with Crippen LogP contribution in [0.25, 0.3) is 0 Å². The van der Waals surface area contributed by atoms with Gasteiger partial charge in [-0.2, -0.15) is 0 Å². The number of rotatable bonds is 20. The molecule has 2 aromatic carbocycles. The standard InChI is InChI=1S/C42H63N3O4/c1-10-33(27-34(41(8,11-2)12-3)45-26-18-21-35(45)46)42(9,13-4)36(38(47)29(6)7)37(43-14-5)40(49)44-28-30-22-24-32(25-23-30)39(48)31-19-16-15-17-20-31/h15-17,19-20,22-25,29,33-34,36-37,43H,10-14,18,21,26-28H2,1-9H3,(H,44,49). The minimum Gasteiger partial charge on any atom is -0.351 e. The first-order valence-electron chi connectivity index (χ1n) is 18.8. The summed E-state index contributed by atoms with van der Waals surface area (Å²) in [6, 6.07) is 15.9. The summed E-state index contributed by atoms with van der Waals surface area (Å²) in [7, 11) is 0. The van der Waals surface area contributed by atoms with Crippen LogP contribution in [0.3, 0.4) is 0 Å². The number of likely N-dealkylation sites (N-methyl/N-ethyl adjacent to an activating group) is 1. The summed E-state index contributed by atoms with van der Waals surface area (Å²) in [4.78, 5) is 56.8. The molecule has 2 N–H and O–H groups in total. The fourth-order valence-electron chi connectivity index (χ4n) is 8.08. The number of nitrogens with one attached hydrogen (secondary N) is 2. The molecule has 7 heteroatoms. The maximum atomic E-state index is 14.4. The lowest BCUT2D eigenvalue weighted by molar-refractivity contribution is -0.142. The number of Topliss-reactive ketones (excluding diaryl/α,β-unsaturated/α-hetero) is 1. The molecule has 1 aliphatic heterocycles. The first kappa shape index (κ1) is 40.1. The van der Waals surface area contributed by atoms with Crippen LogP contribution in [0.15, 0.2) is 54.6 Å². The molecule has 0 saturated carbocycles. The Morgan fingerprint density at radius 2 is 1.47 bits per heavy atom. The Bertz CT molecular complexity index is 1380. The van der Waals surface area contributed by atoms with Crippen molar-refractivity contribution in [3.8, 4) is 0 Å². The predicted octanol–water partition coefficient (Wildman–Crippen LogP) is 8.00. The van der Waals surface area contributed by atoms with Crippen LogP contribution in [-0.4, -0.2) is 53.5 Å². The van der Waals surface area contributed by atoms with Crippen molar-refractivity contribution in [1.29, 1.82) is 0 Å². The highest BCUT2D eigenvalue weighted by Crippen LogP contribution is 2.49. The summed E-state index contributed by atoms with van der Waals surface area (Å²) in [6.45, 7) is 20.8. The Morgan fingerprint density at radius 1 is 0.857 bits per heavy atom. The Morgan fingerprint density at radius 3 is 1.96 bits per heavy atom. The maximum absolute atomic E-state index is 14.4. The predicted molar refractivity (Wildman–Crippen MR) is 199 cm³/mol. The second kappa shape index (κ2) is 18.1. The van der Waals surface area contributed by atoms with E-state index < -0.39 is 17.4 Å². The normalized spacial score (nSPS) is 17.3. The molecule has 3 rings (SSSR count). The molecule has 2 aromatic rings. The lowest BCUT2D eigenvalue weighted by Crippen LogP contribution is -2.58. The van der Waals surface area contributed by atoms with Gasteiger partial charge in [-0.05, 0) is 61.0 Å². The van der Waals surface area contributed by atoms with Crippen molar-refractivity contribution >= 4 is 23.4 Å². The first-order chi connectivity index (χ1) is 23.3. The molecule has 5 unspecified atom stereocenters. The van der Waals surface area contributed by atoms with E-state index in [0.717, 1.165) is 50.6 Å². The quantitative estimate of drug-likeness (QED) is 0.139. The lowest BCUT2D eigenvalue weighted by atomic mass is 9.57. The van der Waals surface area contributed by atoms with Crippen molar-refractivity contribution in [1.82, 2.24) is 15.5 Å². The van der Waals surface area contributed by atoms with Crippen LogP contribution in [0.1, 0.15) is 129 Å². The van der Waals surface area contributed by atoms with Crippen molar-refractivity contribution < 1.29 is 19.2 Å². The maximum Gasteiger partial charge on any atom is 0.238 e. The van der Waals surface area contributed by atoms with Gasteiger partial charge in [0.05, 0.1) is 6.04 Å². The molecule has 1 aliphatic rings. The van der Waals surface area contributed by atoms with Gasteiger partial charge in [-0.25, -0.2) is 0 Å². The van der Waals surface area contributed by atoms with Crippen LogP contribution in [0.2, 0.25) is 0 Å². The van der Waals surface area contributed by atoms with Crippen molar-refractivity contribution in [2.75, 3.05) is 13.1 Å². The summed E-state index contributed by atoms with van der Waals surface area (Å²) in [5, 5.41) is 6.58. The van der Waals surface area contributed by atoms with E-state index in [1.165, 1.54) is 0 Å². The molecule has 0 aliphatic carbocycles. The third-order valence-electron chi connectivity index (χ3n) is 11.9. The smallest absolute Gasteiger partial charge is 0.238 e. The number of benzene rings is 2. The number of hydrogen-bond donors (Lipinski definition) is 2. The van der Waals surface area contributed by atoms with Crippen LogP contribution >= 0.6 is 0 Å². The zero-order valence-electron chi connectivity index (χ0n) is 31.7. The molecule has 1 saturated heterocycles. The fourth-order valence-corrected chi connectivity index (χ4v) is 8.08. The molecular weight excluding hydrogens is 610 g/mol. The van der Waals surface area contributed by atoms with E-state index in [4.69, 9.17) is 0 Å². The molecule has 7 nitrogen and oxygen atoms in total. The van der Waals surface area contributed by atoms with Gasteiger partial charge in [0.15, 0.2) is 5.78 Å². The summed E-state index contributed by atoms with van der Waals surface area (Å²) in [5.74, 6) is -0.596. The van der Waals surface area contributed by atoms with Crippen molar-refractivity contribution in [3.05, 3.63) is 71.3 Å². The van der Waals surface area contributed by atoms with E-state index in [-0.39, 0.29) is 53.2 Å². The van der Waals surface area contributed by atoms with Crippen molar-refractivity contribution in [2.45, 2.75) is 126 Å². The van der Waals surface area contributed by atoms with E-state index >= 15 is 0 Å². The third kappa shape index (κ3) is 9.27. The molecular formula is C42H63N3O4. The van der Waals surface area contributed by atoms with Crippen LogP contribution in [-0.2, 0) is 20.9 Å². The minimum atomic E-state index is -0.714. The average Bonchev–Trinajstić information content (AvgIpc) is 3.55. The zero-order valence-corrected chi connectivity index (χ0v) is 31.7. The number of nitrogens with zero attached hydrogens (tertiary/aromatic N) is 1. The molecule has 1 fully saturated rings. The van der Waals surface area contributed by atoms with Gasteiger partial charge in [0, 0.05) is 48.5 Å². The number of carbonyl (C=O) groups is 4. The summed E-state index contributed by atoms with van der Waals surface area (Å²) in [5.41, 5.74) is 1.56. The highest BCUT2D eigenvalue weighted by atomic mass is 16.2. The molecule has 0 bridgehead atoms. The second-order valence-electron chi connectivity index (χ2n) is 14.9. The SMILES string of the molecule is CCNC(C(=O)NCc1ccc(C(=O)c2ccccc2)cc1)C(C(=O)C(C)C)C(C)(CC)C(CC)CC(N1CCCC1=O)C(C)(CC)CC. The number of likely N-dealkylation sites (tertiary alicyclic amines) is 1. The van der Waals surface area contributed by atoms with Crippen LogP contribution < -0.4 is 10.6 Å². The lowest BCUT2D eigenvalue weighted by Gasteiger charge is -2.50. The van der Waals surface area contributed by atoms with Crippen molar-refractivity contribution in [3.63, 3.8) is 0 Å². The largest absolute Gasteiger partial charge is 0.351 e. The van der Waals surface area contributed by atoms with Gasteiger partial charge in [0.1, 0.15) is 5.78 Å². The second-order valence-corrected chi connectivity index (χ2v) is 14.9. The summed E-state index contributed by atoms with van der Waals surface area (Å²) in [6.07, 6.45) is 5.82. The molecule has 0 spiro atoms. The number of ketones is 2. The highest BCUT2D eigenvalue weighted by molar-refractivity contribution is 6.08. The van der Waals surface area contributed by atoms with Gasteiger partial charge < -0.3 is 15.5 Å². The summed E-state index contributed by atoms with van der Waals surface area (Å²) >= 11 is 0. The van der Waals surface area contributed by atoms with Crippen LogP contribution in [0.5, 0.6) is 0 Å². The Hall–Kier alpha value is -3.32. The Labute approximate surface area is 296 Å². The van der Waals surface area contributed by atoms with Gasteiger partial charge in [0.25, 0.3) is 0 Å². The molecule has 2 amide bonds. The van der Waals surface area contributed by atoms with Crippen LogP contribution in [0, 0.1) is 28.6 Å². The van der Waals surface area contributed by atoms with E-state index in [1.807, 2.05) is 51.1 Å². The van der Waals surface area contributed by atoms with Gasteiger partial charge in [0.2, 0.25) is 11.8 Å². The monoisotopic (exact) mass is 673 g/mol. The van der Waals surface area contributed by atoms with Gasteiger partial charge in [-0.1, -0.05) is 123 Å². The Balaban J connectivity index is 1.93. The van der Waals surface area contributed by atoms with Gasteiger partial charge >= 0.3 is 0 Å². The van der Waals surface area contributed by atoms with Gasteiger partial charge in [-0.3, -0.25) is 19.2 Å². The minimum absolute atomic E-state index is 0.0423. The molecule has 49 heavy (non-hydrogen) atoms. The van der Waals surface area contributed by atoms with Crippen LogP contribution in [0.4, 0.5) is 0 Å². The van der Waals surface area contributed by atoms with E-state index in [0.29, 0.717) is 24.1 Å². The molecule has 0 radical (unpaired) electrons. The highest BCUT2D eigenvalue weighted by Gasteiger charge is 2.51. The molecule has 0 aromatic heterocycles. The van der Waals surface area contributed by atoms with Gasteiger partial charge in [-0.15, -0.1) is 0 Å². The van der Waals surface area contributed by atoms with Crippen molar-refractivity contribution in [2.24, 2.45) is 28.6 Å². The number of hydrogen-bond acceptors (Lipinski definition) is 5. The van der Waals surface area contributed by atoms with E-state index in [1.54, 1.807) is 24.3 Å². The molecule has 1 heterocycles. The topological polar surface area (TPSA) is 95.6 Å². The Kier molecular flexibility index (Phi) is 14.8. The van der Waals surface area contributed by atoms with E-state index in [2.05, 4.69) is 57.1 Å². The summed E-state index contributed by atoms with van der Waals surface area (Å²) < 4.78 is 0. The zero-order chi connectivity index (χ0) is 36.4. The average molecular weight is 674 g/mol. The molecule has 5 atom stereocenters. The fraction of sp³-hybridized carbons (Fsp3) is 0.619. The number of carbonyl (C=O) groups excluding carboxylic acids is 4. The van der Waals surface area contributed by atoms with E-state index in [9.17, 15) is 19.2 Å².